The summed E-state index contributed by atoms with van der Waals surface area (Å²) in [5, 5.41) is 3.55. The summed E-state index contributed by atoms with van der Waals surface area (Å²) in [5.41, 5.74) is 4.03. The number of fused-ring (bicyclic) bond motifs is 1. The lowest BCUT2D eigenvalue weighted by molar-refractivity contribution is -0.113. The van der Waals surface area contributed by atoms with Crippen LogP contribution in [-0.2, 0) is 14.8 Å². The zero-order valence-electron chi connectivity index (χ0n) is 18.5. The molecule has 0 radical (unpaired) electrons. The Morgan fingerprint density at radius 2 is 1.73 bits per heavy atom. The lowest BCUT2D eigenvalue weighted by atomic mass is 10.2. The van der Waals surface area contributed by atoms with Crippen molar-refractivity contribution in [1.29, 1.82) is 0 Å². The van der Waals surface area contributed by atoms with Gasteiger partial charge in [-0.2, -0.15) is 0 Å². The predicted molar refractivity (Wildman–Crippen MR) is 132 cm³/mol. The first-order valence-corrected chi connectivity index (χ1v) is 12.7. The fourth-order valence-corrected chi connectivity index (χ4v) is 5.11. The van der Waals surface area contributed by atoms with Crippen molar-refractivity contribution in [2.45, 2.75) is 17.0 Å². The average Bonchev–Trinajstić information content (AvgIpc) is 3.18. The van der Waals surface area contributed by atoms with Gasteiger partial charge in [0.15, 0.2) is 5.16 Å². The second-order valence-electron chi connectivity index (χ2n) is 7.66. The third-order valence-corrected chi connectivity index (χ3v) is 7.89. The van der Waals surface area contributed by atoms with Crippen LogP contribution in [0, 0.1) is 6.92 Å². The Morgan fingerprint density at radius 1 is 1.03 bits per heavy atom. The molecular weight excluding hydrogens is 456 g/mol. The monoisotopic (exact) mass is 480 g/mol. The lowest BCUT2D eigenvalue weighted by Crippen LogP contribution is -2.22. The molecule has 0 spiro atoms. The number of nitrogens with zero attached hydrogens (tertiary/aromatic N) is 3. The summed E-state index contributed by atoms with van der Waals surface area (Å²) in [6.45, 7) is 1.82. The number of aryl methyl sites for hydroxylation is 1. The summed E-state index contributed by atoms with van der Waals surface area (Å²) in [4.78, 5) is 17.6. The first kappa shape index (κ1) is 23.0. The molecule has 0 bridgehead atoms. The molecule has 1 heterocycles. The van der Waals surface area contributed by atoms with Gasteiger partial charge in [-0.05, 0) is 48.9 Å². The fraction of sp³-hybridized carbons (Fsp3) is 0.167. The van der Waals surface area contributed by atoms with Crippen molar-refractivity contribution in [3.05, 3.63) is 78.4 Å². The maximum Gasteiger partial charge on any atom is 0.242 e. The van der Waals surface area contributed by atoms with E-state index in [0.29, 0.717) is 10.8 Å². The minimum absolute atomic E-state index is 0.125. The smallest absolute Gasteiger partial charge is 0.242 e. The van der Waals surface area contributed by atoms with Crippen LogP contribution in [0.3, 0.4) is 0 Å². The van der Waals surface area contributed by atoms with E-state index in [9.17, 15) is 13.2 Å². The summed E-state index contributed by atoms with van der Waals surface area (Å²) in [6, 6.07) is 22.4. The van der Waals surface area contributed by atoms with Crippen molar-refractivity contribution in [2.24, 2.45) is 0 Å². The van der Waals surface area contributed by atoms with Gasteiger partial charge in [0, 0.05) is 25.5 Å². The Bertz CT molecular complexity index is 1410. The van der Waals surface area contributed by atoms with Crippen LogP contribution in [0.2, 0.25) is 0 Å². The SMILES string of the molecule is Cc1ccc(S(=O)(=O)N(C)C)cc1NC(=O)CSc1nc2ccccc2n1-c1ccccc1. The van der Waals surface area contributed by atoms with Gasteiger partial charge in [0.25, 0.3) is 0 Å². The predicted octanol–water partition coefficient (Wildman–Crippen LogP) is 4.32. The Hall–Kier alpha value is -3.14. The minimum atomic E-state index is -3.59. The number of aromatic nitrogens is 2. The van der Waals surface area contributed by atoms with Crippen LogP contribution >= 0.6 is 11.8 Å². The van der Waals surface area contributed by atoms with Crippen molar-refractivity contribution in [3.8, 4) is 5.69 Å². The standard InChI is InChI=1S/C24H24N4O3S2/c1-17-13-14-19(33(30,31)27(2)3)15-21(17)25-23(29)16-32-24-26-20-11-7-8-12-22(20)28(24)18-9-5-4-6-10-18/h4-15H,16H2,1-3H3,(H,25,29). The first-order chi connectivity index (χ1) is 15.8. The van der Waals surface area contributed by atoms with Gasteiger partial charge in [-0.1, -0.05) is 48.2 Å². The summed E-state index contributed by atoms with van der Waals surface area (Å²) in [5.74, 6) is -0.116. The highest BCUT2D eigenvalue weighted by Crippen LogP contribution is 2.28. The zero-order chi connectivity index (χ0) is 23.6. The number of imidazole rings is 1. The van der Waals surface area contributed by atoms with Crippen molar-refractivity contribution in [1.82, 2.24) is 13.9 Å². The Balaban J connectivity index is 1.56. The number of anilines is 1. The molecule has 7 nitrogen and oxygen atoms in total. The van der Waals surface area contributed by atoms with E-state index in [-0.39, 0.29) is 16.6 Å². The molecule has 1 amide bonds. The van der Waals surface area contributed by atoms with Crippen LogP contribution in [0.25, 0.3) is 16.7 Å². The van der Waals surface area contributed by atoms with Gasteiger partial charge < -0.3 is 5.32 Å². The third kappa shape index (κ3) is 4.80. The Kier molecular flexibility index (Phi) is 6.55. The first-order valence-electron chi connectivity index (χ1n) is 10.3. The Morgan fingerprint density at radius 3 is 2.45 bits per heavy atom. The normalized spacial score (nSPS) is 11.8. The van der Waals surface area contributed by atoms with Crippen molar-refractivity contribution in [3.63, 3.8) is 0 Å². The molecule has 4 aromatic rings. The van der Waals surface area contributed by atoms with Crippen LogP contribution in [-0.4, -0.2) is 48.0 Å². The van der Waals surface area contributed by atoms with Gasteiger partial charge in [-0.15, -0.1) is 0 Å². The Labute approximate surface area is 197 Å². The molecular formula is C24H24N4O3S2. The number of amides is 1. The second-order valence-corrected chi connectivity index (χ2v) is 10.7. The molecule has 0 unspecified atom stereocenters. The fourth-order valence-electron chi connectivity index (χ4n) is 3.35. The van der Waals surface area contributed by atoms with E-state index >= 15 is 0 Å². The zero-order valence-corrected chi connectivity index (χ0v) is 20.2. The molecule has 0 saturated heterocycles. The van der Waals surface area contributed by atoms with Gasteiger partial charge in [0.2, 0.25) is 15.9 Å². The van der Waals surface area contributed by atoms with E-state index in [2.05, 4.69) is 5.32 Å². The van der Waals surface area contributed by atoms with Crippen molar-refractivity contribution < 1.29 is 13.2 Å². The number of hydrogen-bond acceptors (Lipinski definition) is 5. The van der Waals surface area contributed by atoms with Gasteiger partial charge >= 0.3 is 0 Å². The van der Waals surface area contributed by atoms with E-state index < -0.39 is 10.0 Å². The maximum atomic E-state index is 12.8. The highest BCUT2D eigenvalue weighted by atomic mass is 32.2. The molecule has 1 aromatic heterocycles. The molecule has 0 aliphatic rings. The van der Waals surface area contributed by atoms with Crippen molar-refractivity contribution in [2.75, 3.05) is 25.2 Å². The van der Waals surface area contributed by atoms with Crippen LogP contribution < -0.4 is 5.32 Å². The number of hydrogen-bond donors (Lipinski definition) is 1. The molecule has 3 aromatic carbocycles. The van der Waals surface area contributed by atoms with E-state index in [0.717, 1.165) is 26.6 Å². The molecule has 0 aliphatic heterocycles. The minimum Gasteiger partial charge on any atom is -0.325 e. The van der Waals surface area contributed by atoms with E-state index in [1.165, 1.54) is 38.0 Å². The van der Waals surface area contributed by atoms with E-state index in [1.807, 2.05) is 66.1 Å². The molecule has 33 heavy (non-hydrogen) atoms. The highest BCUT2D eigenvalue weighted by Gasteiger charge is 2.19. The largest absolute Gasteiger partial charge is 0.325 e. The third-order valence-electron chi connectivity index (χ3n) is 5.14. The molecule has 0 aliphatic carbocycles. The van der Waals surface area contributed by atoms with Gasteiger partial charge in [0.1, 0.15) is 0 Å². The van der Waals surface area contributed by atoms with Gasteiger partial charge in [-0.25, -0.2) is 17.7 Å². The number of carbonyl (C=O) groups excluding carboxylic acids is 1. The number of carbonyl (C=O) groups is 1. The molecule has 9 heteroatoms. The molecule has 0 saturated carbocycles. The second kappa shape index (κ2) is 9.38. The quantitative estimate of drug-likeness (QED) is 0.399. The molecule has 0 atom stereocenters. The molecule has 1 N–H and O–H groups in total. The maximum absolute atomic E-state index is 12.8. The van der Waals surface area contributed by atoms with Gasteiger partial charge in [-0.3, -0.25) is 9.36 Å². The lowest BCUT2D eigenvalue weighted by Gasteiger charge is -2.14. The molecule has 0 fully saturated rings. The number of thioether (sulfide) groups is 1. The van der Waals surface area contributed by atoms with E-state index in [4.69, 9.17) is 4.98 Å². The number of sulfonamides is 1. The highest BCUT2D eigenvalue weighted by molar-refractivity contribution is 7.99. The summed E-state index contributed by atoms with van der Waals surface area (Å²) in [7, 11) is -0.645. The van der Waals surface area contributed by atoms with Crippen LogP contribution in [0.4, 0.5) is 5.69 Å². The van der Waals surface area contributed by atoms with Crippen LogP contribution in [0.5, 0.6) is 0 Å². The van der Waals surface area contributed by atoms with Gasteiger partial charge in [0.05, 0.1) is 21.7 Å². The molecule has 4 rings (SSSR count). The summed E-state index contributed by atoms with van der Waals surface area (Å²) < 4.78 is 28.1. The number of nitrogens with one attached hydrogen (secondary N) is 1. The molecule has 170 valence electrons. The van der Waals surface area contributed by atoms with E-state index in [1.54, 1.807) is 6.07 Å². The summed E-state index contributed by atoms with van der Waals surface area (Å²) in [6.07, 6.45) is 0. The van der Waals surface area contributed by atoms with Crippen LogP contribution in [0.1, 0.15) is 5.56 Å². The number of para-hydroxylation sites is 3. The topological polar surface area (TPSA) is 84.3 Å². The summed E-state index contributed by atoms with van der Waals surface area (Å²) >= 11 is 1.33. The number of benzene rings is 3. The number of rotatable bonds is 7. The van der Waals surface area contributed by atoms with Crippen molar-refractivity contribution >= 4 is 44.4 Å². The average molecular weight is 481 g/mol. The van der Waals surface area contributed by atoms with Crippen LogP contribution in [0.15, 0.2) is 82.8 Å².